The number of methoxy groups -OCH3 is 1. The van der Waals surface area contributed by atoms with Crippen LogP contribution >= 0.6 is 0 Å². The third-order valence-corrected chi connectivity index (χ3v) is 3.09. The average Bonchev–Trinajstić information content (AvgIpc) is 2.47. The fraction of sp³-hybridized carbons (Fsp3) is 0.500. The van der Waals surface area contributed by atoms with Crippen molar-refractivity contribution < 1.29 is 14.2 Å². The molecule has 2 rings (SSSR count). The van der Waals surface area contributed by atoms with Crippen LogP contribution in [0.2, 0.25) is 0 Å². The van der Waals surface area contributed by atoms with Crippen LogP contribution in [0.5, 0.6) is 11.5 Å². The SMILES string of the molecule is COCCN(CCC#N)c1cc2c(cc1N)OCCO2. The summed E-state index contributed by atoms with van der Waals surface area (Å²) >= 11 is 0. The van der Waals surface area contributed by atoms with Gasteiger partial charge in [-0.3, -0.25) is 0 Å². The molecule has 0 amide bonds. The van der Waals surface area contributed by atoms with E-state index in [1.807, 2.05) is 11.0 Å². The van der Waals surface area contributed by atoms with E-state index in [0.29, 0.717) is 56.5 Å². The molecule has 0 aliphatic carbocycles. The summed E-state index contributed by atoms with van der Waals surface area (Å²) in [5, 5.41) is 8.76. The fourth-order valence-corrected chi connectivity index (χ4v) is 2.11. The molecule has 0 bridgehead atoms. The van der Waals surface area contributed by atoms with Gasteiger partial charge in [-0.2, -0.15) is 5.26 Å². The molecular formula is C14H19N3O3. The molecule has 0 spiro atoms. The maximum absolute atomic E-state index is 8.76. The molecule has 0 atom stereocenters. The van der Waals surface area contributed by atoms with Crippen molar-refractivity contribution in [2.24, 2.45) is 0 Å². The number of ether oxygens (including phenoxy) is 3. The highest BCUT2D eigenvalue weighted by atomic mass is 16.6. The molecule has 1 aliphatic heterocycles. The Labute approximate surface area is 118 Å². The van der Waals surface area contributed by atoms with E-state index < -0.39 is 0 Å². The molecule has 0 radical (unpaired) electrons. The van der Waals surface area contributed by atoms with E-state index in [0.717, 1.165) is 5.69 Å². The van der Waals surface area contributed by atoms with Crippen molar-refractivity contribution in [2.75, 3.05) is 50.7 Å². The van der Waals surface area contributed by atoms with E-state index in [1.54, 1.807) is 13.2 Å². The lowest BCUT2D eigenvalue weighted by Gasteiger charge is -2.27. The standard InChI is InChI=1S/C14H19N3O3/c1-18-6-5-17(4-2-3-15)12-10-14-13(9-11(12)16)19-7-8-20-14/h9-10H,2,4-8,16H2,1H3. The molecule has 108 valence electrons. The van der Waals surface area contributed by atoms with Crippen molar-refractivity contribution in [1.29, 1.82) is 5.26 Å². The molecule has 1 aliphatic rings. The molecule has 6 nitrogen and oxygen atoms in total. The van der Waals surface area contributed by atoms with E-state index in [9.17, 15) is 0 Å². The summed E-state index contributed by atoms with van der Waals surface area (Å²) in [7, 11) is 1.65. The first-order valence-corrected chi connectivity index (χ1v) is 6.56. The number of nitrogens with two attached hydrogens (primary N) is 1. The molecular weight excluding hydrogens is 258 g/mol. The molecule has 1 aromatic carbocycles. The molecule has 1 aromatic rings. The van der Waals surface area contributed by atoms with Crippen molar-refractivity contribution in [3.8, 4) is 17.6 Å². The second kappa shape index (κ2) is 6.87. The highest BCUT2D eigenvalue weighted by molar-refractivity contribution is 5.73. The quantitative estimate of drug-likeness (QED) is 0.792. The summed E-state index contributed by atoms with van der Waals surface area (Å²) in [5.74, 6) is 1.37. The largest absolute Gasteiger partial charge is 0.486 e. The van der Waals surface area contributed by atoms with E-state index in [-0.39, 0.29) is 0 Å². The van der Waals surface area contributed by atoms with Gasteiger partial charge >= 0.3 is 0 Å². The number of fused-ring (bicyclic) bond motifs is 1. The van der Waals surface area contributed by atoms with Gasteiger partial charge in [0.1, 0.15) is 13.2 Å². The Hall–Kier alpha value is -2.13. The fourth-order valence-electron chi connectivity index (χ4n) is 2.11. The lowest BCUT2D eigenvalue weighted by molar-refractivity contribution is 0.171. The topological polar surface area (TPSA) is 80.7 Å². The number of nitrogen functional groups attached to an aromatic ring is 1. The van der Waals surface area contributed by atoms with Crippen LogP contribution in [0, 0.1) is 11.3 Å². The minimum absolute atomic E-state index is 0.428. The zero-order valence-corrected chi connectivity index (χ0v) is 11.6. The van der Waals surface area contributed by atoms with Gasteiger partial charge in [0, 0.05) is 32.3 Å². The Balaban J connectivity index is 2.24. The maximum atomic E-state index is 8.76. The van der Waals surface area contributed by atoms with Gasteiger partial charge in [-0.25, -0.2) is 0 Å². The summed E-state index contributed by atoms with van der Waals surface area (Å²) in [6, 6.07) is 5.79. The van der Waals surface area contributed by atoms with Crippen molar-refractivity contribution in [3.63, 3.8) is 0 Å². The Morgan fingerprint density at radius 3 is 2.65 bits per heavy atom. The summed E-state index contributed by atoms with van der Waals surface area (Å²) in [5.41, 5.74) is 7.55. The molecule has 0 saturated carbocycles. The minimum atomic E-state index is 0.428. The summed E-state index contributed by atoms with van der Waals surface area (Å²) in [6.07, 6.45) is 0.428. The van der Waals surface area contributed by atoms with Gasteiger partial charge in [0.05, 0.1) is 30.5 Å². The highest BCUT2D eigenvalue weighted by Gasteiger charge is 2.18. The molecule has 1 heterocycles. The van der Waals surface area contributed by atoms with Gasteiger partial charge in [-0.05, 0) is 0 Å². The van der Waals surface area contributed by atoms with Crippen LogP contribution in [0.1, 0.15) is 6.42 Å². The second-order valence-corrected chi connectivity index (χ2v) is 4.44. The molecule has 2 N–H and O–H groups in total. The van der Waals surface area contributed by atoms with Crippen molar-refractivity contribution in [2.45, 2.75) is 6.42 Å². The number of benzene rings is 1. The van der Waals surface area contributed by atoms with Gasteiger partial charge in [0.2, 0.25) is 0 Å². The van der Waals surface area contributed by atoms with Crippen LogP contribution in [0.25, 0.3) is 0 Å². The third kappa shape index (κ3) is 3.25. The number of nitriles is 1. The molecule has 0 fully saturated rings. The molecule has 0 saturated heterocycles. The second-order valence-electron chi connectivity index (χ2n) is 4.44. The van der Waals surface area contributed by atoms with Crippen LogP contribution in [0.4, 0.5) is 11.4 Å². The van der Waals surface area contributed by atoms with E-state index in [1.165, 1.54) is 0 Å². The van der Waals surface area contributed by atoms with Gasteiger partial charge in [-0.1, -0.05) is 0 Å². The zero-order valence-electron chi connectivity index (χ0n) is 11.6. The lowest BCUT2D eigenvalue weighted by Crippen LogP contribution is -2.29. The van der Waals surface area contributed by atoms with Crippen molar-refractivity contribution in [3.05, 3.63) is 12.1 Å². The smallest absolute Gasteiger partial charge is 0.163 e. The maximum Gasteiger partial charge on any atom is 0.163 e. The van der Waals surface area contributed by atoms with Crippen molar-refractivity contribution >= 4 is 11.4 Å². The van der Waals surface area contributed by atoms with Crippen LogP contribution < -0.4 is 20.1 Å². The van der Waals surface area contributed by atoms with Gasteiger partial charge < -0.3 is 24.8 Å². The molecule has 0 aromatic heterocycles. The average molecular weight is 277 g/mol. The van der Waals surface area contributed by atoms with Crippen LogP contribution in [0.3, 0.4) is 0 Å². The van der Waals surface area contributed by atoms with E-state index in [2.05, 4.69) is 6.07 Å². The highest BCUT2D eigenvalue weighted by Crippen LogP contribution is 2.38. The van der Waals surface area contributed by atoms with Gasteiger partial charge in [0.25, 0.3) is 0 Å². The summed E-state index contributed by atoms with van der Waals surface area (Å²) < 4.78 is 16.2. The van der Waals surface area contributed by atoms with Crippen LogP contribution in [0.15, 0.2) is 12.1 Å². The predicted molar refractivity (Wildman–Crippen MR) is 76.2 cm³/mol. The number of rotatable bonds is 6. The molecule has 20 heavy (non-hydrogen) atoms. The number of hydrogen-bond donors (Lipinski definition) is 1. The molecule has 6 heteroatoms. The Morgan fingerprint density at radius 2 is 2.00 bits per heavy atom. The number of hydrogen-bond acceptors (Lipinski definition) is 6. The first kappa shape index (κ1) is 14.3. The normalized spacial score (nSPS) is 12.8. The minimum Gasteiger partial charge on any atom is -0.486 e. The Kier molecular flexibility index (Phi) is 4.91. The third-order valence-electron chi connectivity index (χ3n) is 3.09. The number of anilines is 2. The number of nitrogens with zero attached hydrogens (tertiary/aromatic N) is 2. The first-order valence-electron chi connectivity index (χ1n) is 6.56. The lowest BCUT2D eigenvalue weighted by atomic mass is 10.2. The predicted octanol–water partition coefficient (Wildman–Crippen LogP) is 1.41. The molecule has 0 unspecified atom stereocenters. The Morgan fingerprint density at radius 1 is 1.30 bits per heavy atom. The summed E-state index contributed by atoms with van der Waals surface area (Å²) in [6.45, 7) is 2.91. The van der Waals surface area contributed by atoms with Crippen LogP contribution in [-0.4, -0.2) is 40.0 Å². The first-order chi connectivity index (χ1) is 9.76. The monoisotopic (exact) mass is 277 g/mol. The zero-order chi connectivity index (χ0) is 14.4. The van der Waals surface area contributed by atoms with Crippen LogP contribution in [-0.2, 0) is 4.74 Å². The van der Waals surface area contributed by atoms with E-state index in [4.69, 9.17) is 25.2 Å². The van der Waals surface area contributed by atoms with Gasteiger partial charge in [-0.15, -0.1) is 0 Å². The van der Waals surface area contributed by atoms with E-state index >= 15 is 0 Å². The Bertz CT molecular complexity index is 499. The summed E-state index contributed by atoms with van der Waals surface area (Å²) in [4.78, 5) is 2.03. The van der Waals surface area contributed by atoms with Gasteiger partial charge in [0.15, 0.2) is 11.5 Å². The van der Waals surface area contributed by atoms with Crippen molar-refractivity contribution in [1.82, 2.24) is 0 Å².